The van der Waals surface area contributed by atoms with Gasteiger partial charge in [0.15, 0.2) is 5.16 Å². The minimum absolute atomic E-state index is 0.0170. The molecule has 2 aliphatic rings. The molecule has 1 aliphatic carbocycles. The average Bonchev–Trinajstić information content (AvgIpc) is 2.82. The summed E-state index contributed by atoms with van der Waals surface area (Å²) < 4.78 is 0. The molecular formula is C24H20N4O5S. The molecule has 0 bridgehead atoms. The molecule has 0 saturated carbocycles. The van der Waals surface area contributed by atoms with Crippen molar-refractivity contribution in [3.63, 3.8) is 0 Å². The number of fused-ring (bicyclic) bond motifs is 2. The van der Waals surface area contributed by atoms with Gasteiger partial charge in [-0.3, -0.25) is 19.7 Å². The van der Waals surface area contributed by atoms with Crippen molar-refractivity contribution in [1.29, 1.82) is 0 Å². The molecule has 0 radical (unpaired) electrons. The van der Waals surface area contributed by atoms with Crippen LogP contribution >= 0.6 is 11.8 Å². The second-order valence-corrected chi connectivity index (χ2v) is 9.15. The highest BCUT2D eigenvalue weighted by molar-refractivity contribution is 7.98. The van der Waals surface area contributed by atoms with Crippen molar-refractivity contribution in [2.24, 2.45) is 5.92 Å². The number of H-pyrrole nitrogens is 1. The molecule has 0 fully saturated rings. The minimum atomic E-state index is -0.513. The normalized spacial score (nSPS) is 18.9. The molecular weight excluding hydrogens is 456 g/mol. The minimum Gasteiger partial charge on any atom is -0.508 e. The third-order valence-electron chi connectivity index (χ3n) is 6.05. The van der Waals surface area contributed by atoms with Crippen LogP contribution in [0.4, 0.5) is 11.5 Å². The third-order valence-corrected chi connectivity index (χ3v) is 7.00. The van der Waals surface area contributed by atoms with Crippen LogP contribution < -0.4 is 10.9 Å². The van der Waals surface area contributed by atoms with Crippen molar-refractivity contribution < 1.29 is 14.8 Å². The summed E-state index contributed by atoms with van der Waals surface area (Å²) >= 11 is 1.31. The van der Waals surface area contributed by atoms with Gasteiger partial charge in [-0.05, 0) is 29.7 Å². The maximum atomic E-state index is 13.2. The van der Waals surface area contributed by atoms with Crippen LogP contribution in [0.3, 0.4) is 0 Å². The Morgan fingerprint density at radius 1 is 1.09 bits per heavy atom. The number of carbonyl (C=O) groups is 1. The number of rotatable bonds is 5. The number of ketones is 1. The van der Waals surface area contributed by atoms with E-state index in [2.05, 4.69) is 15.3 Å². The lowest BCUT2D eigenvalue weighted by atomic mass is 9.72. The zero-order valence-electron chi connectivity index (χ0n) is 17.9. The van der Waals surface area contributed by atoms with E-state index in [1.165, 1.54) is 23.9 Å². The topological polar surface area (TPSA) is 138 Å². The van der Waals surface area contributed by atoms with E-state index in [1.54, 1.807) is 36.4 Å². The quantitative estimate of drug-likeness (QED) is 0.217. The van der Waals surface area contributed by atoms with Crippen LogP contribution in [0.25, 0.3) is 0 Å². The van der Waals surface area contributed by atoms with E-state index in [-0.39, 0.29) is 22.8 Å². The number of carbonyl (C=O) groups excluding carboxylic acids is 1. The van der Waals surface area contributed by atoms with Gasteiger partial charge in [-0.15, -0.1) is 0 Å². The standard InChI is InChI=1S/C24H20N4O5S/c29-16-10-6-14(7-11-16)19-20-17(2-1-3-18(20)30)25-22-21(19)23(31)27-24(26-22)34-12-13-4-8-15(9-5-13)28(32)33/h2,4-11,19-20,29H,1,3,12H2,(H2,25,26,27,31). The fraction of sp³-hybridized carbons (Fsp3) is 0.208. The summed E-state index contributed by atoms with van der Waals surface area (Å²) in [6, 6.07) is 12.8. The second-order valence-electron chi connectivity index (χ2n) is 8.18. The fourth-order valence-electron chi connectivity index (χ4n) is 4.44. The Bertz CT molecular complexity index is 1370. The van der Waals surface area contributed by atoms with Gasteiger partial charge in [0.1, 0.15) is 17.4 Å². The van der Waals surface area contributed by atoms with E-state index >= 15 is 0 Å². The first-order chi connectivity index (χ1) is 16.4. The van der Waals surface area contributed by atoms with Crippen molar-refractivity contribution in [2.45, 2.75) is 29.7 Å². The summed E-state index contributed by atoms with van der Waals surface area (Å²) in [6.07, 6.45) is 3.02. The molecule has 1 aromatic heterocycles. The van der Waals surface area contributed by atoms with Crippen molar-refractivity contribution >= 4 is 29.1 Å². The number of phenols is 1. The highest BCUT2D eigenvalue weighted by atomic mass is 32.2. The Balaban J connectivity index is 1.50. The van der Waals surface area contributed by atoms with Gasteiger partial charge in [-0.2, -0.15) is 0 Å². The predicted octanol–water partition coefficient (Wildman–Crippen LogP) is 4.10. The molecule has 172 valence electrons. The molecule has 1 aliphatic heterocycles. The van der Waals surface area contributed by atoms with Crippen LogP contribution in [0, 0.1) is 16.0 Å². The predicted molar refractivity (Wildman–Crippen MR) is 127 cm³/mol. The monoisotopic (exact) mass is 476 g/mol. The lowest BCUT2D eigenvalue weighted by molar-refractivity contribution is -0.384. The molecule has 3 aromatic rings. The number of aromatic hydroxyl groups is 1. The molecule has 2 aromatic carbocycles. The zero-order chi connectivity index (χ0) is 23.8. The van der Waals surface area contributed by atoms with Gasteiger partial charge in [0.05, 0.1) is 16.4 Å². The largest absolute Gasteiger partial charge is 0.508 e. The summed E-state index contributed by atoms with van der Waals surface area (Å²) in [5.74, 6) is 0.0158. The van der Waals surface area contributed by atoms with Crippen LogP contribution in [0.1, 0.15) is 35.4 Å². The second kappa shape index (κ2) is 8.79. The number of aromatic nitrogens is 2. The van der Waals surface area contributed by atoms with Crippen LogP contribution in [0.15, 0.2) is 70.3 Å². The summed E-state index contributed by atoms with van der Waals surface area (Å²) in [5.41, 5.74) is 2.42. The number of allylic oxidation sites excluding steroid dienone is 2. The third kappa shape index (κ3) is 4.08. The van der Waals surface area contributed by atoms with Crippen molar-refractivity contribution in [3.8, 4) is 5.75 Å². The first-order valence-electron chi connectivity index (χ1n) is 10.7. The summed E-state index contributed by atoms with van der Waals surface area (Å²) in [6.45, 7) is 0. The number of nitro groups is 1. The van der Waals surface area contributed by atoms with Crippen LogP contribution in [-0.2, 0) is 10.5 Å². The maximum absolute atomic E-state index is 13.2. The van der Waals surface area contributed by atoms with Gasteiger partial charge in [-0.25, -0.2) is 4.98 Å². The smallest absolute Gasteiger partial charge is 0.269 e. The number of Topliss-reactive ketones (excluding diaryl/α,β-unsaturated/α-hetero) is 1. The van der Waals surface area contributed by atoms with Gasteiger partial charge in [-0.1, -0.05) is 42.1 Å². The number of thioether (sulfide) groups is 1. The number of anilines is 1. The molecule has 0 spiro atoms. The SMILES string of the molecule is O=C1CCC=C2Nc3nc(SCc4ccc([N+](=O)[O-])cc4)[nH]c(=O)c3C(c3ccc(O)cc3)C12. The van der Waals surface area contributed by atoms with Crippen LogP contribution in [-0.4, -0.2) is 25.8 Å². The van der Waals surface area contributed by atoms with E-state index in [9.17, 15) is 24.8 Å². The Morgan fingerprint density at radius 2 is 1.82 bits per heavy atom. The highest BCUT2D eigenvalue weighted by Gasteiger charge is 2.42. The van der Waals surface area contributed by atoms with Gasteiger partial charge in [0.25, 0.3) is 11.2 Å². The van der Waals surface area contributed by atoms with Gasteiger partial charge < -0.3 is 15.4 Å². The van der Waals surface area contributed by atoms with E-state index in [4.69, 9.17) is 0 Å². The number of phenolic OH excluding ortho intramolecular Hbond substituents is 1. The van der Waals surface area contributed by atoms with E-state index < -0.39 is 16.8 Å². The molecule has 0 amide bonds. The number of non-ortho nitro benzene ring substituents is 1. The molecule has 2 heterocycles. The van der Waals surface area contributed by atoms with E-state index in [0.717, 1.165) is 16.8 Å². The Kier molecular flexibility index (Phi) is 5.66. The fourth-order valence-corrected chi connectivity index (χ4v) is 5.26. The Labute approximate surface area is 198 Å². The summed E-state index contributed by atoms with van der Waals surface area (Å²) in [7, 11) is 0. The molecule has 5 rings (SSSR count). The summed E-state index contributed by atoms with van der Waals surface area (Å²) in [4.78, 5) is 44.0. The first kappa shape index (κ1) is 21.9. The Hall–Kier alpha value is -3.92. The molecule has 3 N–H and O–H groups in total. The van der Waals surface area contributed by atoms with Gasteiger partial charge >= 0.3 is 0 Å². The average molecular weight is 477 g/mol. The van der Waals surface area contributed by atoms with Crippen molar-refractivity contribution in [3.05, 3.63) is 97.5 Å². The number of nitrogens with one attached hydrogen (secondary N) is 2. The maximum Gasteiger partial charge on any atom is 0.269 e. The number of hydrogen-bond acceptors (Lipinski definition) is 8. The lowest BCUT2D eigenvalue weighted by Gasteiger charge is -2.36. The van der Waals surface area contributed by atoms with Crippen molar-refractivity contribution in [1.82, 2.24) is 9.97 Å². The molecule has 34 heavy (non-hydrogen) atoms. The molecule has 10 heteroatoms. The van der Waals surface area contributed by atoms with E-state index in [0.29, 0.717) is 35.1 Å². The molecule has 2 unspecified atom stereocenters. The number of nitro benzene ring substituents is 1. The van der Waals surface area contributed by atoms with E-state index in [1.807, 2.05) is 6.08 Å². The number of hydrogen-bond donors (Lipinski definition) is 3. The number of aromatic amines is 1. The number of benzene rings is 2. The van der Waals surface area contributed by atoms with Crippen molar-refractivity contribution in [2.75, 3.05) is 5.32 Å². The molecule has 2 atom stereocenters. The molecule has 0 saturated heterocycles. The van der Waals surface area contributed by atoms with Gasteiger partial charge in [0.2, 0.25) is 0 Å². The first-order valence-corrected chi connectivity index (χ1v) is 11.7. The summed E-state index contributed by atoms with van der Waals surface area (Å²) in [5, 5.41) is 24.2. The van der Waals surface area contributed by atoms with Crippen LogP contribution in [0.5, 0.6) is 5.75 Å². The van der Waals surface area contributed by atoms with Crippen LogP contribution in [0.2, 0.25) is 0 Å². The number of nitrogens with zero attached hydrogens (tertiary/aromatic N) is 2. The van der Waals surface area contributed by atoms with Gasteiger partial charge in [0, 0.05) is 35.9 Å². The zero-order valence-corrected chi connectivity index (χ0v) is 18.7. The highest BCUT2D eigenvalue weighted by Crippen LogP contribution is 2.45. The molecule has 9 nitrogen and oxygen atoms in total. The lowest BCUT2D eigenvalue weighted by Crippen LogP contribution is -2.38. The Morgan fingerprint density at radius 3 is 2.53 bits per heavy atom.